The number of rotatable bonds is 7. The molecule has 0 aliphatic heterocycles. The van der Waals surface area contributed by atoms with E-state index in [0.717, 1.165) is 17.2 Å². The van der Waals surface area contributed by atoms with Crippen molar-refractivity contribution in [3.63, 3.8) is 0 Å². The van der Waals surface area contributed by atoms with Crippen molar-refractivity contribution in [3.8, 4) is 11.6 Å². The van der Waals surface area contributed by atoms with E-state index in [1.54, 1.807) is 29.3 Å². The third-order valence-corrected chi connectivity index (χ3v) is 3.75. The molecule has 112 valence electrons. The van der Waals surface area contributed by atoms with Gasteiger partial charge in [0.15, 0.2) is 10.7 Å². The van der Waals surface area contributed by atoms with Crippen LogP contribution in [-0.2, 0) is 18.3 Å². The second-order valence-electron chi connectivity index (χ2n) is 4.54. The van der Waals surface area contributed by atoms with Crippen LogP contribution >= 0.6 is 11.3 Å². The number of ether oxygens (including phenoxy) is 2. The molecule has 0 aromatic carbocycles. The third-order valence-electron chi connectivity index (χ3n) is 3.00. The molecule has 3 aromatic heterocycles. The number of hydrogen-bond donors (Lipinski definition) is 1. The largest absolute Gasteiger partial charge is 0.434 e. The predicted molar refractivity (Wildman–Crippen MR) is 79.9 cm³/mol. The second kappa shape index (κ2) is 6.25. The lowest BCUT2D eigenvalue weighted by Crippen LogP contribution is -2.19. The number of imidazole rings is 1. The molecule has 7 nitrogen and oxygen atoms in total. The minimum absolute atomic E-state index is 0.611. The van der Waals surface area contributed by atoms with E-state index < -0.39 is 0 Å². The first-order valence-corrected chi connectivity index (χ1v) is 7.46. The highest BCUT2D eigenvalue weighted by atomic mass is 32.1. The molecule has 3 rings (SSSR count). The van der Waals surface area contributed by atoms with E-state index >= 15 is 0 Å². The van der Waals surface area contributed by atoms with Crippen LogP contribution in [0.2, 0.25) is 0 Å². The molecule has 0 fully saturated rings. The Morgan fingerprint density at radius 2 is 2.33 bits per heavy atom. The Labute approximate surface area is 126 Å². The molecular formula is C13H17N5O2S. The molecule has 3 heterocycles. The van der Waals surface area contributed by atoms with Gasteiger partial charge in [0.05, 0.1) is 19.0 Å². The average Bonchev–Trinajstić information content (AvgIpc) is 3.13. The maximum absolute atomic E-state index is 5.85. The quantitative estimate of drug-likeness (QED) is 0.673. The van der Waals surface area contributed by atoms with Gasteiger partial charge in [-0.1, -0.05) is 0 Å². The van der Waals surface area contributed by atoms with Gasteiger partial charge in [-0.15, -0.1) is 11.3 Å². The molecule has 0 radical (unpaired) electrons. The van der Waals surface area contributed by atoms with E-state index in [0.29, 0.717) is 24.8 Å². The zero-order valence-electron chi connectivity index (χ0n) is 11.9. The topological polar surface area (TPSA) is 65.6 Å². The average molecular weight is 307 g/mol. The summed E-state index contributed by atoms with van der Waals surface area (Å²) in [5, 5.41) is 9.43. The Morgan fingerprint density at radius 3 is 3.10 bits per heavy atom. The molecule has 0 spiro atoms. The molecule has 0 aliphatic rings. The van der Waals surface area contributed by atoms with Gasteiger partial charge in [0.25, 0.3) is 0 Å². The van der Waals surface area contributed by atoms with E-state index in [4.69, 9.17) is 9.47 Å². The van der Waals surface area contributed by atoms with Crippen LogP contribution in [0.25, 0.3) is 4.96 Å². The minimum Gasteiger partial charge on any atom is -0.434 e. The fourth-order valence-corrected chi connectivity index (χ4v) is 2.72. The third kappa shape index (κ3) is 3.07. The number of nitrogens with zero attached hydrogens (tertiary/aromatic N) is 4. The highest BCUT2D eigenvalue weighted by Crippen LogP contribution is 2.27. The summed E-state index contributed by atoms with van der Waals surface area (Å²) < 4.78 is 14.6. The fourth-order valence-electron chi connectivity index (χ4n) is 2.00. The summed E-state index contributed by atoms with van der Waals surface area (Å²) in [5.74, 6) is 1.29. The van der Waals surface area contributed by atoms with Crippen molar-refractivity contribution in [2.24, 2.45) is 7.05 Å². The smallest absolute Gasteiger partial charge is 0.243 e. The van der Waals surface area contributed by atoms with E-state index in [1.165, 1.54) is 0 Å². The van der Waals surface area contributed by atoms with Crippen LogP contribution in [0.15, 0.2) is 24.0 Å². The zero-order chi connectivity index (χ0) is 14.7. The first-order chi connectivity index (χ1) is 10.3. The lowest BCUT2D eigenvalue weighted by Gasteiger charge is -2.06. The molecule has 0 bridgehead atoms. The van der Waals surface area contributed by atoms with Gasteiger partial charge in [-0.3, -0.25) is 9.08 Å². The van der Waals surface area contributed by atoms with Gasteiger partial charge >= 0.3 is 0 Å². The number of aromatic nitrogens is 4. The van der Waals surface area contributed by atoms with Gasteiger partial charge in [0.2, 0.25) is 5.88 Å². The van der Waals surface area contributed by atoms with Gasteiger partial charge in [-0.05, 0) is 0 Å². The van der Waals surface area contributed by atoms with E-state index in [-0.39, 0.29) is 0 Å². The van der Waals surface area contributed by atoms with Crippen LogP contribution in [0, 0.1) is 0 Å². The lowest BCUT2D eigenvalue weighted by molar-refractivity contribution is 0.199. The molecule has 3 aromatic rings. The number of fused-ring (bicyclic) bond motifs is 1. The van der Waals surface area contributed by atoms with Crippen molar-refractivity contribution in [1.82, 2.24) is 24.5 Å². The molecule has 0 atom stereocenters. The molecule has 0 saturated carbocycles. The Bertz CT molecular complexity index is 717. The van der Waals surface area contributed by atoms with Crippen molar-refractivity contribution in [3.05, 3.63) is 29.7 Å². The Kier molecular flexibility index (Phi) is 4.18. The van der Waals surface area contributed by atoms with Crippen molar-refractivity contribution in [2.45, 2.75) is 6.54 Å². The van der Waals surface area contributed by atoms with Gasteiger partial charge in [0, 0.05) is 38.8 Å². The maximum atomic E-state index is 5.85. The maximum Gasteiger partial charge on any atom is 0.243 e. The molecule has 1 N–H and O–H groups in total. The molecule has 0 unspecified atom stereocenters. The van der Waals surface area contributed by atoms with Gasteiger partial charge < -0.3 is 14.8 Å². The van der Waals surface area contributed by atoms with Crippen molar-refractivity contribution in [2.75, 3.05) is 20.3 Å². The minimum atomic E-state index is 0.611. The zero-order valence-corrected chi connectivity index (χ0v) is 12.8. The normalized spacial score (nSPS) is 11.3. The summed E-state index contributed by atoms with van der Waals surface area (Å²) in [4.78, 5) is 5.44. The van der Waals surface area contributed by atoms with Crippen molar-refractivity contribution in [1.29, 1.82) is 0 Å². The predicted octanol–water partition coefficient (Wildman–Crippen LogP) is 1.66. The van der Waals surface area contributed by atoms with E-state index in [9.17, 15) is 0 Å². The van der Waals surface area contributed by atoms with Gasteiger partial charge in [-0.2, -0.15) is 10.1 Å². The molecule has 0 saturated heterocycles. The highest BCUT2D eigenvalue weighted by Gasteiger charge is 2.15. The first kappa shape index (κ1) is 14.1. The Balaban J connectivity index is 1.81. The second-order valence-corrected chi connectivity index (χ2v) is 5.41. The lowest BCUT2D eigenvalue weighted by atomic mass is 10.4. The summed E-state index contributed by atoms with van der Waals surface area (Å²) in [5.41, 5.74) is 0.992. The molecule has 0 aliphatic carbocycles. The number of hydrogen-bond acceptors (Lipinski definition) is 6. The molecule has 0 amide bonds. The van der Waals surface area contributed by atoms with Crippen LogP contribution in [0.1, 0.15) is 5.69 Å². The van der Waals surface area contributed by atoms with E-state index in [2.05, 4.69) is 15.4 Å². The number of aryl methyl sites for hydroxylation is 1. The van der Waals surface area contributed by atoms with E-state index in [1.807, 2.05) is 29.2 Å². The fraction of sp³-hybridized carbons (Fsp3) is 0.385. The first-order valence-electron chi connectivity index (χ1n) is 6.58. The van der Waals surface area contributed by atoms with Crippen LogP contribution in [-0.4, -0.2) is 39.4 Å². The van der Waals surface area contributed by atoms with Gasteiger partial charge in [-0.25, -0.2) is 0 Å². The number of thiazole rings is 1. The summed E-state index contributed by atoms with van der Waals surface area (Å²) in [6, 6.07) is 0. The van der Waals surface area contributed by atoms with Crippen molar-refractivity contribution >= 4 is 16.3 Å². The highest BCUT2D eigenvalue weighted by molar-refractivity contribution is 7.15. The summed E-state index contributed by atoms with van der Waals surface area (Å²) in [7, 11) is 3.54. The molecule has 21 heavy (non-hydrogen) atoms. The summed E-state index contributed by atoms with van der Waals surface area (Å²) in [6.07, 6.45) is 5.49. The monoisotopic (exact) mass is 307 g/mol. The SMILES string of the molecule is COCCNCc1c(Oc2cnn(C)c2)nc2sccn12. The molecular weight excluding hydrogens is 290 g/mol. The standard InChI is InChI=1S/C13H17N5O2S/c1-17-9-10(7-15-17)20-12-11(8-14-3-5-19-2)18-4-6-21-13(18)16-12/h4,6-7,9,14H,3,5,8H2,1-2H3. The molecule has 8 heteroatoms. The summed E-state index contributed by atoms with van der Waals surface area (Å²) >= 11 is 1.58. The van der Waals surface area contributed by atoms with Crippen LogP contribution in [0.4, 0.5) is 0 Å². The Morgan fingerprint density at radius 1 is 1.43 bits per heavy atom. The Hall–Kier alpha value is -1.90. The van der Waals surface area contributed by atoms with Crippen LogP contribution < -0.4 is 10.1 Å². The number of nitrogens with one attached hydrogen (secondary N) is 1. The summed E-state index contributed by atoms with van der Waals surface area (Å²) in [6.45, 7) is 2.11. The number of methoxy groups -OCH3 is 1. The van der Waals surface area contributed by atoms with Crippen molar-refractivity contribution < 1.29 is 9.47 Å². The van der Waals surface area contributed by atoms with Crippen LogP contribution in [0.3, 0.4) is 0 Å². The van der Waals surface area contributed by atoms with Gasteiger partial charge in [0.1, 0.15) is 5.69 Å². The van der Waals surface area contributed by atoms with Crippen LogP contribution in [0.5, 0.6) is 11.6 Å².